The number of pyridine rings is 1. The molecule has 0 saturated carbocycles. The van der Waals surface area contributed by atoms with Gasteiger partial charge < -0.3 is 10.5 Å². The van der Waals surface area contributed by atoms with Crippen LogP contribution in [0.3, 0.4) is 0 Å². The fraction of sp³-hybridized carbons (Fsp3) is 0.444. The van der Waals surface area contributed by atoms with Gasteiger partial charge in [0.2, 0.25) is 5.88 Å². The normalized spacial score (nSPS) is 10.0. The van der Waals surface area contributed by atoms with Crippen LogP contribution in [0.5, 0.6) is 5.88 Å². The standard InChI is InChI=1S/C9H13N3O3/c1-7-5-9(15-4-2-3-10)11-6-8(7)12(13)14/h5-6H,2-4,10H2,1H3. The van der Waals surface area contributed by atoms with E-state index >= 15 is 0 Å². The van der Waals surface area contributed by atoms with Crippen LogP contribution in [-0.2, 0) is 0 Å². The minimum Gasteiger partial charge on any atom is -0.478 e. The number of hydrogen-bond donors (Lipinski definition) is 1. The molecule has 0 fully saturated rings. The number of nitro groups is 1. The largest absolute Gasteiger partial charge is 0.478 e. The summed E-state index contributed by atoms with van der Waals surface area (Å²) >= 11 is 0. The molecule has 15 heavy (non-hydrogen) atoms. The van der Waals surface area contributed by atoms with Crippen molar-refractivity contribution in [1.82, 2.24) is 4.98 Å². The highest BCUT2D eigenvalue weighted by Crippen LogP contribution is 2.19. The van der Waals surface area contributed by atoms with Gasteiger partial charge in [0.15, 0.2) is 0 Å². The molecule has 0 aromatic carbocycles. The summed E-state index contributed by atoms with van der Waals surface area (Å²) in [6, 6.07) is 1.55. The van der Waals surface area contributed by atoms with Crippen molar-refractivity contribution >= 4 is 5.69 Å². The number of nitrogens with zero attached hydrogens (tertiary/aromatic N) is 2. The van der Waals surface area contributed by atoms with Crippen LogP contribution in [0.4, 0.5) is 5.69 Å². The molecule has 0 bridgehead atoms. The zero-order chi connectivity index (χ0) is 11.3. The average Bonchev–Trinajstić information content (AvgIpc) is 2.17. The predicted molar refractivity (Wildman–Crippen MR) is 54.8 cm³/mol. The number of nitrogens with two attached hydrogens (primary N) is 1. The van der Waals surface area contributed by atoms with Gasteiger partial charge >= 0.3 is 0 Å². The monoisotopic (exact) mass is 211 g/mol. The molecule has 0 aliphatic carbocycles. The van der Waals surface area contributed by atoms with Crippen molar-refractivity contribution in [2.45, 2.75) is 13.3 Å². The van der Waals surface area contributed by atoms with Crippen LogP contribution >= 0.6 is 0 Å². The van der Waals surface area contributed by atoms with E-state index in [1.54, 1.807) is 13.0 Å². The van der Waals surface area contributed by atoms with Gasteiger partial charge in [-0.1, -0.05) is 0 Å². The molecule has 0 amide bonds. The summed E-state index contributed by atoms with van der Waals surface area (Å²) in [6.07, 6.45) is 1.94. The lowest BCUT2D eigenvalue weighted by molar-refractivity contribution is -0.385. The SMILES string of the molecule is Cc1cc(OCCCN)ncc1[N+](=O)[O-]. The summed E-state index contributed by atoms with van der Waals surface area (Å²) in [4.78, 5) is 13.9. The molecule has 0 spiro atoms. The van der Waals surface area contributed by atoms with Gasteiger partial charge in [0.25, 0.3) is 5.69 Å². The maximum atomic E-state index is 10.5. The first kappa shape index (κ1) is 11.4. The molecule has 0 aliphatic heterocycles. The van der Waals surface area contributed by atoms with E-state index in [-0.39, 0.29) is 5.69 Å². The number of aromatic nitrogens is 1. The number of hydrogen-bond acceptors (Lipinski definition) is 5. The van der Waals surface area contributed by atoms with Gasteiger partial charge in [0.05, 0.1) is 11.5 Å². The van der Waals surface area contributed by atoms with Crippen LogP contribution in [0.2, 0.25) is 0 Å². The number of ether oxygens (including phenoxy) is 1. The van der Waals surface area contributed by atoms with Crippen molar-refractivity contribution in [2.75, 3.05) is 13.2 Å². The Morgan fingerprint density at radius 3 is 2.93 bits per heavy atom. The molecule has 1 heterocycles. The van der Waals surface area contributed by atoms with E-state index in [0.717, 1.165) is 6.42 Å². The first-order valence-electron chi connectivity index (χ1n) is 4.59. The summed E-state index contributed by atoms with van der Waals surface area (Å²) in [5, 5.41) is 10.5. The zero-order valence-electron chi connectivity index (χ0n) is 8.47. The van der Waals surface area contributed by atoms with Crippen LogP contribution in [0.25, 0.3) is 0 Å². The Bertz CT molecular complexity index is 354. The third-order valence-corrected chi connectivity index (χ3v) is 1.85. The molecule has 0 saturated heterocycles. The quantitative estimate of drug-likeness (QED) is 0.446. The topological polar surface area (TPSA) is 91.3 Å². The Balaban J connectivity index is 2.69. The maximum Gasteiger partial charge on any atom is 0.290 e. The van der Waals surface area contributed by atoms with E-state index in [4.69, 9.17) is 10.5 Å². The van der Waals surface area contributed by atoms with Gasteiger partial charge in [-0.2, -0.15) is 0 Å². The van der Waals surface area contributed by atoms with E-state index in [0.29, 0.717) is 24.6 Å². The van der Waals surface area contributed by atoms with Crippen molar-refractivity contribution in [3.05, 3.63) is 27.9 Å². The Labute approximate surface area is 87.2 Å². The van der Waals surface area contributed by atoms with Crippen molar-refractivity contribution in [2.24, 2.45) is 5.73 Å². The third-order valence-electron chi connectivity index (χ3n) is 1.85. The van der Waals surface area contributed by atoms with E-state index in [1.807, 2.05) is 0 Å². The first-order chi connectivity index (χ1) is 7.15. The second kappa shape index (κ2) is 5.26. The second-order valence-corrected chi connectivity index (χ2v) is 3.06. The summed E-state index contributed by atoms with van der Waals surface area (Å²) in [5.74, 6) is 0.395. The van der Waals surface area contributed by atoms with Crippen molar-refractivity contribution in [3.8, 4) is 5.88 Å². The van der Waals surface area contributed by atoms with Gasteiger partial charge in [0, 0.05) is 11.6 Å². The van der Waals surface area contributed by atoms with Gasteiger partial charge in [-0.25, -0.2) is 4.98 Å². The molecule has 1 rings (SSSR count). The number of rotatable bonds is 5. The lowest BCUT2D eigenvalue weighted by Gasteiger charge is -2.04. The van der Waals surface area contributed by atoms with E-state index in [1.165, 1.54) is 6.20 Å². The fourth-order valence-corrected chi connectivity index (χ4v) is 1.05. The minimum absolute atomic E-state index is 0.00109. The predicted octanol–water partition coefficient (Wildman–Crippen LogP) is 1.03. The fourth-order valence-electron chi connectivity index (χ4n) is 1.05. The van der Waals surface area contributed by atoms with Crippen LogP contribution in [0, 0.1) is 17.0 Å². The Morgan fingerprint density at radius 2 is 2.40 bits per heavy atom. The Hall–Kier alpha value is -1.69. The van der Waals surface area contributed by atoms with Gasteiger partial charge in [-0.15, -0.1) is 0 Å². The smallest absolute Gasteiger partial charge is 0.290 e. The van der Waals surface area contributed by atoms with Gasteiger partial charge in [-0.05, 0) is 19.9 Å². The summed E-state index contributed by atoms with van der Waals surface area (Å²) < 4.78 is 5.25. The molecule has 0 atom stereocenters. The van der Waals surface area contributed by atoms with Crippen LogP contribution in [0.1, 0.15) is 12.0 Å². The van der Waals surface area contributed by atoms with Crippen molar-refractivity contribution < 1.29 is 9.66 Å². The second-order valence-electron chi connectivity index (χ2n) is 3.06. The lowest BCUT2D eigenvalue weighted by Crippen LogP contribution is -2.07. The summed E-state index contributed by atoms with van der Waals surface area (Å²) in [7, 11) is 0. The van der Waals surface area contributed by atoms with Crippen molar-refractivity contribution in [1.29, 1.82) is 0 Å². The molecular formula is C9H13N3O3. The van der Waals surface area contributed by atoms with Crippen LogP contribution in [-0.4, -0.2) is 23.1 Å². The maximum absolute atomic E-state index is 10.5. The lowest BCUT2D eigenvalue weighted by atomic mass is 10.2. The molecule has 82 valence electrons. The number of aryl methyl sites for hydroxylation is 1. The third kappa shape index (κ3) is 3.17. The van der Waals surface area contributed by atoms with Crippen LogP contribution < -0.4 is 10.5 Å². The molecule has 6 nitrogen and oxygen atoms in total. The molecule has 2 N–H and O–H groups in total. The van der Waals surface area contributed by atoms with E-state index in [2.05, 4.69) is 4.98 Å². The molecule has 0 aliphatic rings. The molecule has 6 heteroatoms. The van der Waals surface area contributed by atoms with Crippen molar-refractivity contribution in [3.63, 3.8) is 0 Å². The van der Waals surface area contributed by atoms with Gasteiger partial charge in [-0.3, -0.25) is 10.1 Å². The highest BCUT2D eigenvalue weighted by molar-refractivity contribution is 5.39. The van der Waals surface area contributed by atoms with Crippen LogP contribution in [0.15, 0.2) is 12.3 Å². The molecular weight excluding hydrogens is 198 g/mol. The average molecular weight is 211 g/mol. The first-order valence-corrected chi connectivity index (χ1v) is 4.59. The minimum atomic E-state index is -0.466. The Morgan fingerprint density at radius 1 is 1.67 bits per heavy atom. The highest BCUT2D eigenvalue weighted by atomic mass is 16.6. The zero-order valence-corrected chi connectivity index (χ0v) is 8.47. The summed E-state index contributed by atoms with van der Waals surface area (Å²) in [6.45, 7) is 2.67. The highest BCUT2D eigenvalue weighted by Gasteiger charge is 2.11. The molecule has 0 radical (unpaired) electrons. The van der Waals surface area contributed by atoms with E-state index < -0.39 is 4.92 Å². The molecule has 1 aromatic rings. The molecule has 0 unspecified atom stereocenters. The Kier molecular flexibility index (Phi) is 3.99. The summed E-state index contributed by atoms with van der Waals surface area (Å²) in [5.41, 5.74) is 5.84. The van der Waals surface area contributed by atoms with Gasteiger partial charge in [0.1, 0.15) is 6.20 Å². The molecule has 1 aromatic heterocycles. The van der Waals surface area contributed by atoms with E-state index in [9.17, 15) is 10.1 Å².